The van der Waals surface area contributed by atoms with Gasteiger partial charge in [0.15, 0.2) is 0 Å². The lowest BCUT2D eigenvalue weighted by Gasteiger charge is -2.16. The predicted molar refractivity (Wildman–Crippen MR) is 69.3 cm³/mol. The van der Waals surface area contributed by atoms with Crippen LogP contribution < -0.4 is 5.32 Å². The molecule has 0 aliphatic carbocycles. The number of sulfonamides is 1. The number of rotatable bonds is 4. The number of hydrogen-bond donors (Lipinski definition) is 1. The van der Waals surface area contributed by atoms with E-state index >= 15 is 0 Å². The van der Waals surface area contributed by atoms with Crippen LogP contribution in [0.15, 0.2) is 29.2 Å². The van der Waals surface area contributed by atoms with Crippen molar-refractivity contribution in [1.82, 2.24) is 9.62 Å². The minimum atomic E-state index is -3.55. The molecule has 104 valence electrons. The Kier molecular flexibility index (Phi) is 3.83. The van der Waals surface area contributed by atoms with Gasteiger partial charge in [-0.05, 0) is 25.6 Å². The van der Waals surface area contributed by atoms with Gasteiger partial charge in [-0.15, -0.1) is 0 Å². The highest BCUT2D eigenvalue weighted by Gasteiger charge is 2.31. The van der Waals surface area contributed by atoms with Gasteiger partial charge < -0.3 is 5.32 Å². The number of non-ortho nitro benzene ring substituents is 1. The van der Waals surface area contributed by atoms with Crippen molar-refractivity contribution in [2.45, 2.75) is 17.4 Å². The molecule has 1 aromatic rings. The second kappa shape index (κ2) is 5.24. The lowest BCUT2D eigenvalue weighted by atomic mass is 10.3. The molecule has 1 aliphatic heterocycles. The minimum absolute atomic E-state index is 0.0925. The van der Waals surface area contributed by atoms with Crippen LogP contribution in [-0.4, -0.2) is 43.8 Å². The number of nitro groups is 1. The largest absolute Gasteiger partial charge is 0.316 e. The highest BCUT2D eigenvalue weighted by Crippen LogP contribution is 2.22. The summed E-state index contributed by atoms with van der Waals surface area (Å²) in [5, 5.41) is 13.6. The lowest BCUT2D eigenvalue weighted by Crippen LogP contribution is -2.33. The fraction of sp³-hybridized carbons (Fsp3) is 0.455. The third-order valence-corrected chi connectivity index (χ3v) is 5.12. The van der Waals surface area contributed by atoms with Crippen molar-refractivity contribution in [1.29, 1.82) is 0 Å². The van der Waals surface area contributed by atoms with Crippen LogP contribution in [0, 0.1) is 10.1 Å². The van der Waals surface area contributed by atoms with Crippen molar-refractivity contribution in [2.24, 2.45) is 0 Å². The molecule has 1 fully saturated rings. The van der Waals surface area contributed by atoms with Crippen LogP contribution in [0.25, 0.3) is 0 Å². The SMILES string of the molecule is CNC1CCN(S(=O)(=O)c2ccc([N+](=O)[O-])cc2)C1. The smallest absolute Gasteiger partial charge is 0.269 e. The molecule has 1 atom stereocenters. The summed E-state index contributed by atoms with van der Waals surface area (Å²) in [4.78, 5) is 10.1. The molecule has 1 unspecified atom stereocenters. The number of nitro benzene ring substituents is 1. The van der Waals surface area contributed by atoms with E-state index in [1.807, 2.05) is 0 Å². The molecule has 1 aliphatic rings. The normalized spacial score (nSPS) is 20.6. The molecular formula is C11H15N3O4S. The average Bonchev–Trinajstić information content (AvgIpc) is 2.88. The summed E-state index contributed by atoms with van der Waals surface area (Å²) in [5.41, 5.74) is -0.117. The average molecular weight is 285 g/mol. The Morgan fingerprint density at radius 2 is 2.00 bits per heavy atom. The first kappa shape index (κ1) is 13.9. The Morgan fingerprint density at radius 1 is 1.37 bits per heavy atom. The number of nitrogens with one attached hydrogen (secondary N) is 1. The zero-order chi connectivity index (χ0) is 14.0. The van der Waals surface area contributed by atoms with E-state index in [1.54, 1.807) is 7.05 Å². The molecule has 0 radical (unpaired) electrons. The molecule has 0 aromatic heterocycles. The van der Waals surface area contributed by atoms with Crippen molar-refractivity contribution in [3.63, 3.8) is 0 Å². The van der Waals surface area contributed by atoms with Crippen LogP contribution in [0.3, 0.4) is 0 Å². The second-order valence-electron chi connectivity index (χ2n) is 4.39. The summed E-state index contributed by atoms with van der Waals surface area (Å²) in [6.45, 7) is 0.890. The maximum absolute atomic E-state index is 12.3. The summed E-state index contributed by atoms with van der Waals surface area (Å²) < 4.78 is 26.0. The molecule has 8 heteroatoms. The molecule has 1 N–H and O–H groups in total. The van der Waals surface area contributed by atoms with E-state index in [0.717, 1.165) is 6.42 Å². The Bertz CT molecular complexity index is 570. The molecule has 2 rings (SSSR count). The van der Waals surface area contributed by atoms with E-state index in [0.29, 0.717) is 13.1 Å². The third-order valence-electron chi connectivity index (χ3n) is 3.24. The van der Waals surface area contributed by atoms with Crippen molar-refractivity contribution in [2.75, 3.05) is 20.1 Å². The van der Waals surface area contributed by atoms with Gasteiger partial charge in [-0.1, -0.05) is 0 Å². The summed E-state index contributed by atoms with van der Waals surface area (Å²) >= 11 is 0. The van der Waals surface area contributed by atoms with E-state index in [1.165, 1.54) is 28.6 Å². The third kappa shape index (κ3) is 2.75. The van der Waals surface area contributed by atoms with Crippen LogP contribution in [0.2, 0.25) is 0 Å². The van der Waals surface area contributed by atoms with Gasteiger partial charge in [0.2, 0.25) is 10.0 Å². The van der Waals surface area contributed by atoms with E-state index in [4.69, 9.17) is 0 Å². The van der Waals surface area contributed by atoms with E-state index in [-0.39, 0.29) is 16.6 Å². The summed E-state index contributed by atoms with van der Waals surface area (Å²) in [5.74, 6) is 0. The van der Waals surface area contributed by atoms with Gasteiger partial charge in [0.25, 0.3) is 5.69 Å². The van der Waals surface area contributed by atoms with Gasteiger partial charge >= 0.3 is 0 Å². The number of hydrogen-bond acceptors (Lipinski definition) is 5. The number of benzene rings is 1. The predicted octanol–water partition coefficient (Wildman–Crippen LogP) is 0.577. The number of nitrogens with zero attached hydrogens (tertiary/aromatic N) is 2. The standard InChI is InChI=1S/C11H15N3O4S/c1-12-9-6-7-13(8-9)19(17,18)11-4-2-10(3-5-11)14(15)16/h2-5,9,12H,6-8H2,1H3. The van der Waals surface area contributed by atoms with Crippen LogP contribution >= 0.6 is 0 Å². The second-order valence-corrected chi connectivity index (χ2v) is 6.33. The highest BCUT2D eigenvalue weighted by molar-refractivity contribution is 7.89. The van der Waals surface area contributed by atoms with Crippen LogP contribution in [0.4, 0.5) is 5.69 Å². The molecule has 0 saturated carbocycles. The van der Waals surface area contributed by atoms with E-state index in [9.17, 15) is 18.5 Å². The molecule has 0 spiro atoms. The van der Waals surface area contributed by atoms with Gasteiger partial charge in [-0.25, -0.2) is 8.42 Å². The molecular weight excluding hydrogens is 270 g/mol. The van der Waals surface area contributed by atoms with Crippen molar-refractivity contribution in [3.8, 4) is 0 Å². The lowest BCUT2D eigenvalue weighted by molar-refractivity contribution is -0.384. The van der Waals surface area contributed by atoms with Gasteiger partial charge in [-0.3, -0.25) is 10.1 Å². The topological polar surface area (TPSA) is 92.6 Å². The van der Waals surface area contributed by atoms with Crippen LogP contribution in [-0.2, 0) is 10.0 Å². The summed E-state index contributed by atoms with van der Waals surface area (Å²) in [7, 11) is -1.76. The van der Waals surface area contributed by atoms with E-state index < -0.39 is 14.9 Å². The maximum atomic E-state index is 12.3. The van der Waals surface area contributed by atoms with Crippen molar-refractivity contribution < 1.29 is 13.3 Å². The van der Waals surface area contributed by atoms with Gasteiger partial charge in [-0.2, -0.15) is 4.31 Å². The first-order valence-electron chi connectivity index (χ1n) is 5.87. The Hall–Kier alpha value is -1.51. The fourth-order valence-corrected chi connectivity index (χ4v) is 3.57. The fourth-order valence-electron chi connectivity index (χ4n) is 2.07. The molecule has 0 amide bonds. The van der Waals surface area contributed by atoms with Crippen LogP contribution in [0.1, 0.15) is 6.42 Å². The van der Waals surface area contributed by atoms with Crippen molar-refractivity contribution in [3.05, 3.63) is 34.4 Å². The highest BCUT2D eigenvalue weighted by atomic mass is 32.2. The molecule has 19 heavy (non-hydrogen) atoms. The molecule has 1 aromatic carbocycles. The zero-order valence-corrected chi connectivity index (χ0v) is 11.3. The quantitative estimate of drug-likeness (QED) is 0.645. The van der Waals surface area contributed by atoms with Crippen molar-refractivity contribution >= 4 is 15.7 Å². The van der Waals surface area contributed by atoms with Crippen LogP contribution in [0.5, 0.6) is 0 Å². The summed E-state index contributed by atoms with van der Waals surface area (Å²) in [6, 6.07) is 5.13. The van der Waals surface area contributed by atoms with Gasteiger partial charge in [0.1, 0.15) is 0 Å². The summed E-state index contributed by atoms with van der Waals surface area (Å²) in [6.07, 6.45) is 0.767. The monoisotopic (exact) mass is 285 g/mol. The molecule has 1 heterocycles. The number of likely N-dealkylation sites (N-methyl/N-ethyl adjacent to an activating group) is 1. The Balaban J connectivity index is 2.22. The van der Waals surface area contributed by atoms with Gasteiger partial charge in [0, 0.05) is 31.3 Å². The first-order valence-corrected chi connectivity index (χ1v) is 7.31. The maximum Gasteiger partial charge on any atom is 0.269 e. The zero-order valence-electron chi connectivity index (χ0n) is 10.4. The first-order chi connectivity index (χ1) is 8.95. The van der Waals surface area contributed by atoms with Gasteiger partial charge in [0.05, 0.1) is 9.82 Å². The Morgan fingerprint density at radius 3 is 2.47 bits per heavy atom. The Labute approximate surface area is 111 Å². The molecule has 0 bridgehead atoms. The van der Waals surface area contributed by atoms with E-state index in [2.05, 4.69) is 5.32 Å². The minimum Gasteiger partial charge on any atom is -0.316 e. The molecule has 7 nitrogen and oxygen atoms in total. The molecule has 1 saturated heterocycles.